The lowest BCUT2D eigenvalue weighted by molar-refractivity contribution is -0.328. The highest BCUT2D eigenvalue weighted by Crippen LogP contribution is 2.60. The maximum atomic E-state index is 12.9. The Morgan fingerprint density at radius 1 is 1.18 bits per heavy atom. The highest BCUT2D eigenvalue weighted by molar-refractivity contribution is 5.88. The van der Waals surface area contributed by atoms with Crippen molar-refractivity contribution in [3.63, 3.8) is 0 Å². The first-order valence-electron chi connectivity index (χ1n) is 12.3. The molecule has 5 aliphatic rings. The molecule has 1 aromatic heterocycles. The van der Waals surface area contributed by atoms with Gasteiger partial charge in [0.25, 0.3) is 0 Å². The topological polar surface area (TPSA) is 73.2 Å². The van der Waals surface area contributed by atoms with Crippen molar-refractivity contribution in [3.8, 4) is 0 Å². The lowest BCUT2D eigenvalue weighted by Crippen LogP contribution is -2.60. The number of carbonyl (C=O) groups is 1. The number of aromatic nitrogens is 1. The number of benzene rings is 1. The molecule has 1 spiro atoms. The molecule has 0 radical (unpaired) electrons. The van der Waals surface area contributed by atoms with E-state index in [9.17, 15) is 9.90 Å². The molecule has 7 heteroatoms. The van der Waals surface area contributed by atoms with Gasteiger partial charge in [-0.2, -0.15) is 0 Å². The number of carbonyl (C=O) groups excluding carboxylic acids is 1. The number of piperidine rings is 1. The van der Waals surface area contributed by atoms with Crippen molar-refractivity contribution in [1.82, 2.24) is 9.47 Å². The van der Waals surface area contributed by atoms with Crippen molar-refractivity contribution >= 4 is 16.7 Å². The van der Waals surface area contributed by atoms with Crippen molar-refractivity contribution in [2.75, 3.05) is 20.3 Å². The minimum Gasteiger partial charge on any atom is -0.394 e. The van der Waals surface area contributed by atoms with Crippen molar-refractivity contribution in [2.24, 2.45) is 24.8 Å². The van der Waals surface area contributed by atoms with Crippen molar-refractivity contribution in [1.29, 1.82) is 0 Å². The number of nitrogens with zero attached hydrogens (tertiary/aromatic N) is 2. The van der Waals surface area contributed by atoms with E-state index in [0.29, 0.717) is 36.9 Å². The number of rotatable bonds is 1. The maximum absolute atomic E-state index is 12.9. The standard InChI is InChI=1S/C26H32N2O5/c1-25-19(11-26(33-25)23(30)8-14(12-29)32-26)16-9-22-24-17(10-21(27(22)2)18(16)13-31-25)15-6-4-5-7-20(15)28(24)3/h4-7,14,16,18-19,21-22,29H,8-13H2,1-3H3/t14-,16-,18-,19+,21+,22+,25+,26+/m1/s1. The van der Waals surface area contributed by atoms with Gasteiger partial charge in [-0.15, -0.1) is 0 Å². The number of hydrogen-bond acceptors (Lipinski definition) is 6. The second-order valence-electron chi connectivity index (χ2n) is 11.0. The van der Waals surface area contributed by atoms with Crippen LogP contribution < -0.4 is 0 Å². The van der Waals surface area contributed by atoms with Crippen molar-refractivity contribution in [3.05, 3.63) is 35.5 Å². The molecule has 0 unspecified atom stereocenters. The molecule has 2 bridgehead atoms. The minimum absolute atomic E-state index is 0.0542. The number of ketones is 1. The number of para-hydroxylation sites is 1. The van der Waals surface area contributed by atoms with Gasteiger partial charge < -0.3 is 23.9 Å². The van der Waals surface area contributed by atoms with E-state index in [1.54, 1.807) is 0 Å². The van der Waals surface area contributed by atoms with E-state index >= 15 is 0 Å². The Kier molecular flexibility index (Phi) is 4.16. The van der Waals surface area contributed by atoms with E-state index in [1.807, 2.05) is 6.92 Å². The van der Waals surface area contributed by atoms with Crippen LogP contribution in [0.25, 0.3) is 10.9 Å². The Labute approximate surface area is 193 Å². The zero-order valence-electron chi connectivity index (χ0n) is 19.5. The van der Waals surface area contributed by atoms with Crippen LogP contribution in [0.15, 0.2) is 24.3 Å². The Bertz CT molecular complexity index is 1160. The van der Waals surface area contributed by atoms with Crippen LogP contribution in [-0.2, 0) is 32.5 Å². The Morgan fingerprint density at radius 3 is 2.79 bits per heavy atom. The lowest BCUT2D eigenvalue weighted by Gasteiger charge is -2.57. The number of aliphatic hydroxyl groups is 1. The molecule has 0 saturated carbocycles. The summed E-state index contributed by atoms with van der Waals surface area (Å²) in [6.07, 6.45) is 2.29. The number of ether oxygens (including phenoxy) is 3. The van der Waals surface area contributed by atoms with Gasteiger partial charge in [-0.1, -0.05) is 18.2 Å². The van der Waals surface area contributed by atoms with Gasteiger partial charge in [0.05, 0.1) is 25.4 Å². The number of aryl methyl sites for hydroxylation is 1. The fourth-order valence-corrected chi connectivity index (χ4v) is 8.00. The zero-order valence-corrected chi connectivity index (χ0v) is 19.5. The summed E-state index contributed by atoms with van der Waals surface area (Å²) < 4.78 is 21.2. The van der Waals surface area contributed by atoms with Gasteiger partial charge in [-0.25, -0.2) is 0 Å². The minimum atomic E-state index is -1.26. The highest BCUT2D eigenvalue weighted by atomic mass is 16.8. The van der Waals surface area contributed by atoms with Crippen LogP contribution in [-0.4, -0.2) is 64.3 Å². The molecular formula is C26H32N2O5. The summed E-state index contributed by atoms with van der Waals surface area (Å²) >= 11 is 0. The predicted octanol–water partition coefficient (Wildman–Crippen LogP) is 2.54. The molecule has 176 valence electrons. The molecule has 4 saturated heterocycles. The van der Waals surface area contributed by atoms with Gasteiger partial charge in [-0.3, -0.25) is 9.69 Å². The first-order valence-corrected chi connectivity index (χ1v) is 12.3. The molecule has 0 aliphatic carbocycles. The van der Waals surface area contributed by atoms with Crippen LogP contribution in [0.4, 0.5) is 0 Å². The average Bonchev–Trinajstić information content (AvgIpc) is 3.38. The van der Waals surface area contributed by atoms with E-state index in [1.165, 1.54) is 22.2 Å². The molecule has 1 N–H and O–H groups in total. The number of fused-ring (bicyclic) bond motifs is 10. The molecule has 1 aromatic carbocycles. The van der Waals surface area contributed by atoms with E-state index in [4.69, 9.17) is 14.2 Å². The van der Waals surface area contributed by atoms with E-state index in [2.05, 4.69) is 47.8 Å². The monoisotopic (exact) mass is 452 g/mol. The van der Waals surface area contributed by atoms with Gasteiger partial charge in [0, 0.05) is 54.4 Å². The molecule has 2 aromatic rings. The molecular weight excluding hydrogens is 420 g/mol. The summed E-state index contributed by atoms with van der Waals surface area (Å²) in [6, 6.07) is 9.48. The average molecular weight is 453 g/mol. The van der Waals surface area contributed by atoms with Gasteiger partial charge in [0.15, 0.2) is 11.6 Å². The molecule has 7 rings (SSSR count). The van der Waals surface area contributed by atoms with Gasteiger partial charge >= 0.3 is 0 Å². The van der Waals surface area contributed by atoms with Crippen LogP contribution in [0.2, 0.25) is 0 Å². The molecule has 6 heterocycles. The van der Waals surface area contributed by atoms with E-state index < -0.39 is 17.7 Å². The van der Waals surface area contributed by atoms with Gasteiger partial charge in [0.2, 0.25) is 5.79 Å². The van der Waals surface area contributed by atoms with Crippen molar-refractivity contribution < 1.29 is 24.1 Å². The fraction of sp³-hybridized carbons (Fsp3) is 0.654. The first kappa shape index (κ1) is 20.6. The molecule has 33 heavy (non-hydrogen) atoms. The summed E-state index contributed by atoms with van der Waals surface area (Å²) in [4.78, 5) is 15.5. The fourth-order valence-electron chi connectivity index (χ4n) is 8.00. The Morgan fingerprint density at radius 2 is 2.00 bits per heavy atom. The van der Waals surface area contributed by atoms with Crippen LogP contribution >= 0.6 is 0 Å². The molecule has 8 atom stereocenters. The maximum Gasteiger partial charge on any atom is 0.232 e. The first-order chi connectivity index (χ1) is 15.8. The van der Waals surface area contributed by atoms with Crippen LogP contribution in [0.5, 0.6) is 0 Å². The largest absolute Gasteiger partial charge is 0.394 e. The molecule has 7 nitrogen and oxygen atoms in total. The second kappa shape index (κ2) is 6.67. The number of hydrogen-bond donors (Lipinski definition) is 1. The summed E-state index contributed by atoms with van der Waals surface area (Å²) in [5.41, 5.74) is 4.23. The van der Waals surface area contributed by atoms with Crippen LogP contribution in [0.3, 0.4) is 0 Å². The van der Waals surface area contributed by atoms with Crippen molar-refractivity contribution in [2.45, 2.75) is 62.4 Å². The van der Waals surface area contributed by atoms with Crippen LogP contribution in [0.1, 0.15) is 43.5 Å². The summed E-state index contributed by atoms with van der Waals surface area (Å²) in [6.45, 7) is 2.46. The summed E-state index contributed by atoms with van der Waals surface area (Å²) in [5.74, 6) is -1.27. The third-order valence-corrected chi connectivity index (χ3v) is 9.55. The SMILES string of the molecule is CN1[C@H]2C[C@@H]3[C@@H](CO[C@@]4(C)O[C@]5(C[C@@H]34)O[C@@H](CO)CC5=O)[C@@H]1Cc1c2n(C)c2ccccc12. The molecule has 5 aliphatic heterocycles. The number of Topliss-reactive ketones (excluding diaryl/α,β-unsaturated/α-hetero) is 1. The predicted molar refractivity (Wildman–Crippen MR) is 120 cm³/mol. The zero-order chi connectivity index (χ0) is 22.7. The van der Waals surface area contributed by atoms with E-state index in [0.717, 1.165) is 12.8 Å². The second-order valence-corrected chi connectivity index (χ2v) is 11.0. The Hall–Kier alpha value is -1.77. The van der Waals surface area contributed by atoms with Gasteiger partial charge in [-0.05, 0) is 44.4 Å². The third-order valence-electron chi connectivity index (χ3n) is 9.55. The smallest absolute Gasteiger partial charge is 0.232 e. The number of aliphatic hydroxyl groups excluding tert-OH is 1. The Balaban J connectivity index is 1.28. The lowest BCUT2D eigenvalue weighted by atomic mass is 9.63. The van der Waals surface area contributed by atoms with Gasteiger partial charge in [0.1, 0.15) is 0 Å². The number of likely N-dealkylation sites (N-methyl/N-ethyl adjacent to an activating group) is 1. The van der Waals surface area contributed by atoms with Crippen LogP contribution in [0, 0.1) is 17.8 Å². The normalized spacial score (nSPS) is 44.3. The highest BCUT2D eigenvalue weighted by Gasteiger charge is 2.67. The molecule has 0 amide bonds. The third kappa shape index (κ3) is 2.55. The molecule has 4 fully saturated rings. The quantitative estimate of drug-likeness (QED) is 0.717. The van der Waals surface area contributed by atoms with E-state index in [-0.39, 0.29) is 24.7 Å². The summed E-state index contributed by atoms with van der Waals surface area (Å²) in [5, 5.41) is 11.0. The summed E-state index contributed by atoms with van der Waals surface area (Å²) in [7, 11) is 4.46.